The number of Topliss-reactive ketones (excluding diaryl/α,β-unsaturated/α-hetero) is 2. The van der Waals surface area contributed by atoms with Crippen LogP contribution in [0.15, 0.2) is 0 Å². The van der Waals surface area contributed by atoms with Crippen LogP contribution in [0.2, 0.25) is 0 Å². The summed E-state index contributed by atoms with van der Waals surface area (Å²) < 4.78 is 0. The second-order valence-corrected chi connectivity index (χ2v) is 2.31. The largest absolute Gasteiger partial charge is 0.291 e. The molecule has 2 heteroatoms. The molecule has 1 fully saturated rings. The van der Waals surface area contributed by atoms with Crippen molar-refractivity contribution in [3.8, 4) is 0 Å². The van der Waals surface area contributed by atoms with Gasteiger partial charge in [-0.05, 0) is 0 Å². The third kappa shape index (κ3) is 0.427. The third-order valence-corrected chi connectivity index (χ3v) is 1.82. The maximum Gasteiger partial charge on any atom is 0.202 e. The van der Waals surface area contributed by atoms with E-state index in [1.165, 1.54) is 0 Å². The van der Waals surface area contributed by atoms with Crippen LogP contribution in [0.5, 0.6) is 0 Å². The summed E-state index contributed by atoms with van der Waals surface area (Å²) in [6.45, 7) is 3.57. The Morgan fingerprint density at radius 1 is 1.00 bits per heavy atom. The van der Waals surface area contributed by atoms with Crippen LogP contribution >= 0.6 is 0 Å². The van der Waals surface area contributed by atoms with E-state index in [9.17, 15) is 9.59 Å². The van der Waals surface area contributed by atoms with Crippen molar-refractivity contribution < 1.29 is 9.59 Å². The summed E-state index contributed by atoms with van der Waals surface area (Å²) in [4.78, 5) is 20.8. The average Bonchev–Trinajstić information content (AvgIpc) is 1.83. The molecule has 1 rings (SSSR count). The van der Waals surface area contributed by atoms with E-state index in [0.717, 1.165) is 0 Å². The van der Waals surface area contributed by atoms with Gasteiger partial charge in [0.05, 0.1) is 0 Å². The van der Waals surface area contributed by atoms with Gasteiger partial charge in [0.25, 0.3) is 0 Å². The van der Waals surface area contributed by atoms with Crippen molar-refractivity contribution in [1.82, 2.24) is 0 Å². The molecule has 0 aromatic rings. The predicted octanol–water partition coefficient (Wildman–Crippen LogP) is 0.410. The molecule has 0 spiro atoms. The van der Waals surface area contributed by atoms with E-state index in [4.69, 9.17) is 0 Å². The molecule has 44 valence electrons. The molecule has 0 unspecified atom stereocenters. The zero-order valence-electron chi connectivity index (χ0n) is 4.97. The number of carbonyl (C=O) groups is 2. The summed E-state index contributed by atoms with van der Waals surface area (Å²) >= 11 is 0. The van der Waals surface area contributed by atoms with Gasteiger partial charge < -0.3 is 0 Å². The highest BCUT2D eigenvalue weighted by Gasteiger charge is 2.42. The molecule has 0 aliphatic heterocycles. The topological polar surface area (TPSA) is 34.1 Å². The van der Waals surface area contributed by atoms with Crippen molar-refractivity contribution in [2.75, 3.05) is 0 Å². The van der Waals surface area contributed by atoms with Crippen LogP contribution in [-0.2, 0) is 9.59 Å². The lowest BCUT2D eigenvalue weighted by atomic mass is 9.74. The van der Waals surface area contributed by atoms with Crippen LogP contribution in [-0.4, -0.2) is 11.6 Å². The van der Waals surface area contributed by atoms with Crippen molar-refractivity contribution in [2.24, 2.45) is 11.8 Å². The van der Waals surface area contributed by atoms with E-state index in [0.29, 0.717) is 0 Å². The van der Waals surface area contributed by atoms with Gasteiger partial charge in [-0.25, -0.2) is 0 Å². The van der Waals surface area contributed by atoms with Crippen LogP contribution in [0.25, 0.3) is 0 Å². The van der Waals surface area contributed by atoms with Crippen LogP contribution < -0.4 is 0 Å². The first-order valence-electron chi connectivity index (χ1n) is 2.72. The first-order chi connectivity index (χ1) is 3.64. The molecule has 0 radical (unpaired) electrons. The summed E-state index contributed by atoms with van der Waals surface area (Å²) in [6, 6.07) is 0. The smallest absolute Gasteiger partial charge is 0.202 e. The van der Waals surface area contributed by atoms with Crippen LogP contribution in [0.4, 0.5) is 0 Å². The summed E-state index contributed by atoms with van der Waals surface area (Å²) in [5, 5.41) is 0. The van der Waals surface area contributed by atoms with Gasteiger partial charge in [0, 0.05) is 11.8 Å². The summed E-state index contributed by atoms with van der Waals surface area (Å²) in [5.74, 6) is -0.417. The number of hydrogen-bond donors (Lipinski definition) is 0. The number of hydrogen-bond acceptors (Lipinski definition) is 2. The van der Waals surface area contributed by atoms with E-state index in [1.807, 2.05) is 0 Å². The fourth-order valence-electron chi connectivity index (χ4n) is 0.807. The normalized spacial score (nSPS) is 37.2. The molecule has 0 heterocycles. The van der Waals surface area contributed by atoms with Crippen LogP contribution in [0.3, 0.4) is 0 Å². The van der Waals surface area contributed by atoms with Gasteiger partial charge in [-0.3, -0.25) is 9.59 Å². The van der Waals surface area contributed by atoms with Crippen molar-refractivity contribution in [3.05, 3.63) is 0 Å². The van der Waals surface area contributed by atoms with Gasteiger partial charge in [-0.2, -0.15) is 0 Å². The SMILES string of the molecule is C[C@@H]1C(=O)C(=O)[C@@H]1C. The molecule has 1 saturated carbocycles. The zero-order chi connectivity index (χ0) is 6.31. The Kier molecular flexibility index (Phi) is 0.962. The number of rotatable bonds is 0. The van der Waals surface area contributed by atoms with Gasteiger partial charge in [0.2, 0.25) is 11.6 Å². The maximum atomic E-state index is 10.4. The van der Waals surface area contributed by atoms with E-state index in [-0.39, 0.29) is 23.4 Å². The molecule has 8 heavy (non-hydrogen) atoms. The molecule has 0 saturated heterocycles. The highest BCUT2D eigenvalue weighted by Crippen LogP contribution is 2.24. The Labute approximate surface area is 47.9 Å². The lowest BCUT2D eigenvalue weighted by Crippen LogP contribution is -2.44. The Bertz CT molecular complexity index is 131. The molecule has 0 bridgehead atoms. The highest BCUT2D eigenvalue weighted by atomic mass is 16.2. The molecule has 2 atom stereocenters. The Balaban J connectivity index is 2.68. The molecule has 2 nitrogen and oxygen atoms in total. The summed E-state index contributed by atoms with van der Waals surface area (Å²) in [7, 11) is 0. The molecule has 0 N–H and O–H groups in total. The molecule has 1 aliphatic rings. The molecular formula is C6H8O2. The predicted molar refractivity (Wildman–Crippen MR) is 28.3 cm³/mol. The van der Waals surface area contributed by atoms with E-state index >= 15 is 0 Å². The fourth-order valence-corrected chi connectivity index (χ4v) is 0.807. The van der Waals surface area contributed by atoms with Crippen molar-refractivity contribution in [1.29, 1.82) is 0 Å². The second kappa shape index (κ2) is 1.41. The molecule has 1 aliphatic carbocycles. The molecular weight excluding hydrogens is 104 g/mol. The van der Waals surface area contributed by atoms with Crippen molar-refractivity contribution >= 4 is 11.6 Å². The van der Waals surface area contributed by atoms with Gasteiger partial charge >= 0.3 is 0 Å². The maximum absolute atomic E-state index is 10.4. The van der Waals surface area contributed by atoms with Gasteiger partial charge in [0.15, 0.2) is 0 Å². The minimum atomic E-state index is -0.197. The minimum absolute atomic E-state index is 0.0116. The van der Waals surface area contributed by atoms with Crippen LogP contribution in [0.1, 0.15) is 13.8 Å². The lowest BCUT2D eigenvalue weighted by Gasteiger charge is -2.25. The summed E-state index contributed by atoms with van der Waals surface area (Å²) in [5.41, 5.74) is 0. The zero-order valence-corrected chi connectivity index (χ0v) is 4.97. The summed E-state index contributed by atoms with van der Waals surface area (Å²) in [6.07, 6.45) is 0. The van der Waals surface area contributed by atoms with Crippen LogP contribution in [0, 0.1) is 11.8 Å². The van der Waals surface area contributed by atoms with Crippen molar-refractivity contribution in [3.63, 3.8) is 0 Å². The Hall–Kier alpha value is -0.660. The monoisotopic (exact) mass is 112 g/mol. The molecule has 0 aromatic heterocycles. The van der Waals surface area contributed by atoms with E-state index in [1.54, 1.807) is 13.8 Å². The van der Waals surface area contributed by atoms with Gasteiger partial charge in [-0.1, -0.05) is 13.8 Å². The number of carbonyl (C=O) groups excluding carboxylic acids is 2. The first kappa shape index (κ1) is 5.48. The minimum Gasteiger partial charge on any atom is -0.291 e. The molecule has 0 aromatic carbocycles. The van der Waals surface area contributed by atoms with E-state index in [2.05, 4.69) is 0 Å². The lowest BCUT2D eigenvalue weighted by molar-refractivity contribution is -0.151. The fraction of sp³-hybridized carbons (Fsp3) is 0.667. The standard InChI is InChI=1S/C6H8O2/c1-3-4(2)6(8)5(3)7/h3-4H,1-2H3/t3-,4+. The van der Waals surface area contributed by atoms with E-state index < -0.39 is 0 Å². The highest BCUT2D eigenvalue weighted by molar-refractivity contribution is 6.45. The molecule has 0 amide bonds. The van der Waals surface area contributed by atoms with Crippen molar-refractivity contribution in [2.45, 2.75) is 13.8 Å². The third-order valence-electron chi connectivity index (χ3n) is 1.82. The Morgan fingerprint density at radius 3 is 1.38 bits per heavy atom. The number of ketones is 2. The average molecular weight is 112 g/mol. The Morgan fingerprint density at radius 2 is 1.25 bits per heavy atom. The second-order valence-electron chi connectivity index (χ2n) is 2.31. The quantitative estimate of drug-likeness (QED) is 0.425. The van der Waals surface area contributed by atoms with Gasteiger partial charge in [0.1, 0.15) is 0 Å². The first-order valence-corrected chi connectivity index (χ1v) is 2.72. The van der Waals surface area contributed by atoms with Gasteiger partial charge in [-0.15, -0.1) is 0 Å².